The van der Waals surface area contributed by atoms with Gasteiger partial charge in [-0.25, -0.2) is 4.98 Å². The largest absolute Gasteiger partial charge is 0.279 e. The second-order valence-electron chi connectivity index (χ2n) is 9.53. The van der Waals surface area contributed by atoms with Gasteiger partial charge in [-0.3, -0.25) is 9.36 Å². The van der Waals surface area contributed by atoms with Gasteiger partial charge in [0, 0.05) is 0 Å². The Morgan fingerprint density at radius 3 is 1.76 bits per heavy atom. The van der Waals surface area contributed by atoms with Gasteiger partial charge in [0.2, 0.25) is 0 Å². The van der Waals surface area contributed by atoms with Gasteiger partial charge in [0.05, 0.1) is 16.3 Å². The highest BCUT2D eigenvalue weighted by atomic mass is 16.1. The molecule has 0 bridgehead atoms. The predicted molar refractivity (Wildman–Crippen MR) is 137 cm³/mol. The minimum atomic E-state index is -0.737. The van der Waals surface area contributed by atoms with Crippen molar-refractivity contribution in [1.82, 2.24) is 9.55 Å². The first kappa shape index (κ1) is 20.6. The van der Waals surface area contributed by atoms with Crippen LogP contribution in [-0.4, -0.2) is 9.55 Å². The molecule has 0 N–H and O–H groups in total. The minimum Gasteiger partial charge on any atom is -0.279 e. The Balaban J connectivity index is 1.83. The van der Waals surface area contributed by atoms with E-state index in [4.69, 9.17) is 4.98 Å². The maximum Gasteiger partial charge on any atom is 0.262 e. The first-order valence-electron chi connectivity index (χ1n) is 11.7. The molecule has 3 nitrogen and oxygen atoms in total. The molecule has 0 amide bonds. The number of nitrogens with zero attached hydrogens (tertiary/aromatic N) is 2. The van der Waals surface area contributed by atoms with E-state index in [2.05, 4.69) is 93.6 Å². The SMILES string of the molecule is Cc1ccc(C2(c3ccc(C)cc3)n3c(nc4ccccc4c3=O)C2(C)c2ccccc2)cc1. The third kappa shape index (κ3) is 2.52. The molecular formula is C31H26N2O. The van der Waals surface area contributed by atoms with Crippen molar-refractivity contribution in [3.63, 3.8) is 0 Å². The number of benzene rings is 4. The van der Waals surface area contributed by atoms with Gasteiger partial charge in [0.25, 0.3) is 5.56 Å². The molecule has 4 aromatic carbocycles. The fraction of sp³-hybridized carbons (Fsp3) is 0.161. The van der Waals surface area contributed by atoms with E-state index in [9.17, 15) is 4.79 Å². The normalized spacial score (nSPS) is 18.3. The fourth-order valence-electron chi connectivity index (χ4n) is 5.81. The first-order chi connectivity index (χ1) is 16.5. The lowest BCUT2D eigenvalue weighted by Gasteiger charge is -2.59. The van der Waals surface area contributed by atoms with Crippen LogP contribution in [0.2, 0.25) is 0 Å². The molecular weight excluding hydrogens is 416 g/mol. The van der Waals surface area contributed by atoms with Crippen molar-refractivity contribution in [1.29, 1.82) is 0 Å². The fourth-order valence-corrected chi connectivity index (χ4v) is 5.81. The number of hydrogen-bond donors (Lipinski definition) is 0. The summed E-state index contributed by atoms with van der Waals surface area (Å²) in [5, 5.41) is 0.643. The smallest absolute Gasteiger partial charge is 0.262 e. The molecule has 1 unspecified atom stereocenters. The lowest BCUT2D eigenvalue weighted by atomic mass is 9.54. The molecule has 0 aliphatic carbocycles. The summed E-state index contributed by atoms with van der Waals surface area (Å²) in [5.74, 6) is 0.795. The average molecular weight is 443 g/mol. The second kappa shape index (κ2) is 7.26. The number of hydrogen-bond acceptors (Lipinski definition) is 2. The third-order valence-electron chi connectivity index (χ3n) is 7.57. The lowest BCUT2D eigenvalue weighted by molar-refractivity contribution is 0.159. The Hall–Kier alpha value is -3.98. The summed E-state index contributed by atoms with van der Waals surface area (Å²) in [4.78, 5) is 19.2. The zero-order chi connectivity index (χ0) is 23.5. The van der Waals surface area contributed by atoms with Crippen molar-refractivity contribution >= 4 is 10.9 Å². The number of aromatic nitrogens is 2. The summed E-state index contributed by atoms with van der Waals surface area (Å²) in [6.45, 7) is 6.42. The summed E-state index contributed by atoms with van der Waals surface area (Å²) in [7, 11) is 0. The van der Waals surface area contributed by atoms with Gasteiger partial charge >= 0.3 is 0 Å². The predicted octanol–water partition coefficient (Wildman–Crippen LogP) is 6.12. The van der Waals surface area contributed by atoms with E-state index in [1.165, 1.54) is 11.1 Å². The van der Waals surface area contributed by atoms with Crippen molar-refractivity contribution in [2.75, 3.05) is 0 Å². The van der Waals surface area contributed by atoms with E-state index >= 15 is 0 Å². The Kier molecular flexibility index (Phi) is 4.40. The van der Waals surface area contributed by atoms with Gasteiger partial charge in [-0.2, -0.15) is 0 Å². The van der Waals surface area contributed by atoms with Crippen molar-refractivity contribution in [2.24, 2.45) is 0 Å². The molecule has 0 saturated heterocycles. The molecule has 1 atom stereocenters. The Morgan fingerprint density at radius 2 is 1.18 bits per heavy atom. The zero-order valence-electron chi connectivity index (χ0n) is 19.6. The molecule has 2 heterocycles. The molecule has 3 heteroatoms. The van der Waals surface area contributed by atoms with Crippen molar-refractivity contribution in [3.05, 3.63) is 147 Å². The second-order valence-corrected chi connectivity index (χ2v) is 9.53. The molecule has 34 heavy (non-hydrogen) atoms. The van der Waals surface area contributed by atoms with Gasteiger partial charge in [0.1, 0.15) is 11.4 Å². The van der Waals surface area contributed by atoms with Gasteiger partial charge < -0.3 is 0 Å². The van der Waals surface area contributed by atoms with Crippen molar-refractivity contribution in [3.8, 4) is 0 Å². The van der Waals surface area contributed by atoms with Crippen molar-refractivity contribution < 1.29 is 0 Å². The Morgan fingerprint density at radius 1 is 0.647 bits per heavy atom. The lowest BCUT2D eigenvalue weighted by Crippen LogP contribution is -2.68. The molecule has 0 fully saturated rings. The Bertz CT molecular complexity index is 1540. The molecule has 1 aromatic heterocycles. The van der Waals surface area contributed by atoms with Crippen LogP contribution in [-0.2, 0) is 11.0 Å². The molecule has 0 saturated carbocycles. The van der Waals surface area contributed by atoms with Crippen LogP contribution in [0.1, 0.15) is 40.6 Å². The molecule has 5 aromatic rings. The van der Waals surface area contributed by atoms with E-state index in [0.717, 1.165) is 28.0 Å². The zero-order valence-corrected chi connectivity index (χ0v) is 19.6. The van der Waals surface area contributed by atoms with Gasteiger partial charge in [-0.1, -0.05) is 102 Å². The highest BCUT2D eigenvalue weighted by Gasteiger charge is 2.65. The summed E-state index contributed by atoms with van der Waals surface area (Å²) in [5.41, 5.74) is 5.12. The minimum absolute atomic E-state index is 0.00449. The van der Waals surface area contributed by atoms with E-state index < -0.39 is 11.0 Å². The number of aryl methyl sites for hydroxylation is 2. The molecule has 1 aliphatic heterocycles. The number of fused-ring (bicyclic) bond motifs is 2. The first-order valence-corrected chi connectivity index (χ1v) is 11.7. The van der Waals surface area contributed by atoms with E-state index in [-0.39, 0.29) is 5.56 Å². The highest BCUT2D eigenvalue weighted by Crippen LogP contribution is 2.59. The monoisotopic (exact) mass is 442 g/mol. The van der Waals surface area contributed by atoms with Crippen LogP contribution < -0.4 is 5.56 Å². The van der Waals surface area contributed by atoms with Crippen LogP contribution in [0.15, 0.2) is 108 Å². The van der Waals surface area contributed by atoms with E-state index in [0.29, 0.717) is 5.39 Å². The van der Waals surface area contributed by atoms with Crippen molar-refractivity contribution in [2.45, 2.75) is 31.7 Å². The average Bonchev–Trinajstić information content (AvgIpc) is 2.87. The topological polar surface area (TPSA) is 34.9 Å². The standard InChI is InChI=1S/C31H26N2O/c1-21-13-17-24(18-14-21)31(25-19-15-22(2)16-20-25)30(3,23-9-5-4-6-10-23)29-32-27-12-8-7-11-26(27)28(34)33(29)31/h4-20H,1-3H3. The summed E-state index contributed by atoms with van der Waals surface area (Å²) in [6.07, 6.45) is 0. The maximum atomic E-state index is 14.1. The van der Waals surface area contributed by atoms with E-state index in [1.807, 2.05) is 34.9 Å². The van der Waals surface area contributed by atoms with Crippen LogP contribution in [0, 0.1) is 13.8 Å². The van der Waals surface area contributed by atoms with Crippen LogP contribution in [0.3, 0.4) is 0 Å². The third-order valence-corrected chi connectivity index (χ3v) is 7.57. The summed E-state index contributed by atoms with van der Waals surface area (Å²) >= 11 is 0. The van der Waals surface area contributed by atoms with Gasteiger partial charge in [-0.15, -0.1) is 0 Å². The van der Waals surface area contributed by atoms with E-state index in [1.54, 1.807) is 0 Å². The molecule has 1 aliphatic rings. The number of rotatable bonds is 3. The quantitative estimate of drug-likeness (QED) is 0.337. The number of para-hydroxylation sites is 1. The van der Waals surface area contributed by atoms with Crippen LogP contribution in [0.5, 0.6) is 0 Å². The molecule has 0 spiro atoms. The van der Waals surface area contributed by atoms with Crippen LogP contribution in [0.25, 0.3) is 10.9 Å². The highest BCUT2D eigenvalue weighted by molar-refractivity contribution is 5.79. The molecule has 166 valence electrons. The van der Waals surface area contributed by atoms with Crippen LogP contribution >= 0.6 is 0 Å². The van der Waals surface area contributed by atoms with Crippen LogP contribution in [0.4, 0.5) is 0 Å². The molecule has 0 radical (unpaired) electrons. The maximum absolute atomic E-state index is 14.1. The summed E-state index contributed by atoms with van der Waals surface area (Å²) in [6, 6.07) is 35.3. The summed E-state index contributed by atoms with van der Waals surface area (Å²) < 4.78 is 1.94. The van der Waals surface area contributed by atoms with Gasteiger partial charge in [0.15, 0.2) is 0 Å². The Labute approximate surface area is 199 Å². The van der Waals surface area contributed by atoms with Gasteiger partial charge in [-0.05, 0) is 49.6 Å². The molecule has 6 rings (SSSR count).